The Morgan fingerprint density at radius 2 is 1.35 bits per heavy atom. The average Bonchev–Trinajstić information content (AvgIpc) is 2.26. The maximum Gasteiger partial charge on any atom is 0.0337 e. The zero-order valence-electron chi connectivity index (χ0n) is 12.6. The highest BCUT2D eigenvalue weighted by molar-refractivity contribution is 4.97. The van der Waals surface area contributed by atoms with Crippen LogP contribution in [0.3, 0.4) is 0 Å². The molecule has 0 heterocycles. The van der Waals surface area contributed by atoms with E-state index in [4.69, 9.17) is 11.5 Å². The van der Waals surface area contributed by atoms with Gasteiger partial charge < -0.3 is 16.8 Å². The molecule has 0 aromatic rings. The second-order valence-corrected chi connectivity index (χ2v) is 6.14. The van der Waals surface area contributed by atoms with Gasteiger partial charge in [-0.05, 0) is 23.7 Å². The maximum absolute atomic E-state index is 6.72. The number of hydrogen-bond acceptors (Lipinski definition) is 3. The minimum Gasteiger partial charge on any atom is -0.329 e. The van der Waals surface area contributed by atoms with Gasteiger partial charge in [-0.1, -0.05) is 41.5 Å². The van der Waals surface area contributed by atoms with E-state index in [-0.39, 0.29) is 5.54 Å². The van der Waals surface area contributed by atoms with E-state index in [0.717, 1.165) is 13.1 Å². The first-order valence-corrected chi connectivity index (χ1v) is 6.97. The molecule has 2 unspecified atom stereocenters. The van der Waals surface area contributed by atoms with Crippen molar-refractivity contribution in [3.63, 3.8) is 0 Å². The van der Waals surface area contributed by atoms with Gasteiger partial charge in [0.05, 0.1) is 0 Å². The van der Waals surface area contributed by atoms with Gasteiger partial charge in [-0.15, -0.1) is 0 Å². The summed E-state index contributed by atoms with van der Waals surface area (Å²) in [4.78, 5) is 0. The lowest BCUT2D eigenvalue weighted by molar-refractivity contribution is 0.121. The third-order valence-corrected chi connectivity index (χ3v) is 4.45. The van der Waals surface area contributed by atoms with Crippen LogP contribution in [0, 0.1) is 23.7 Å². The van der Waals surface area contributed by atoms with Crippen LogP contribution in [0.25, 0.3) is 0 Å². The molecule has 2 atom stereocenters. The first kappa shape index (κ1) is 16.9. The molecule has 0 amide bonds. The zero-order valence-corrected chi connectivity index (χ0v) is 12.6. The number of nitrogens with one attached hydrogen (secondary N) is 1. The van der Waals surface area contributed by atoms with Crippen molar-refractivity contribution in [2.24, 2.45) is 35.1 Å². The van der Waals surface area contributed by atoms with E-state index < -0.39 is 0 Å². The van der Waals surface area contributed by atoms with Crippen LogP contribution in [-0.4, -0.2) is 25.2 Å². The fourth-order valence-corrected chi connectivity index (χ4v) is 2.38. The molecule has 104 valence electrons. The van der Waals surface area contributed by atoms with Crippen molar-refractivity contribution in [1.82, 2.24) is 5.32 Å². The van der Waals surface area contributed by atoms with Gasteiger partial charge in [-0.2, -0.15) is 0 Å². The summed E-state index contributed by atoms with van der Waals surface area (Å²) in [6, 6.07) is 0. The Kier molecular flexibility index (Phi) is 7.29. The predicted molar refractivity (Wildman–Crippen MR) is 76.8 cm³/mol. The largest absolute Gasteiger partial charge is 0.329 e. The van der Waals surface area contributed by atoms with Gasteiger partial charge in [0, 0.05) is 25.2 Å². The van der Waals surface area contributed by atoms with E-state index in [1.54, 1.807) is 0 Å². The molecule has 0 aromatic carbocycles. The standard InChI is InChI=1S/C14H33N3/c1-10(2)12(5)14(16,9-17-8-7-15)13(6)11(3)4/h10-13,17H,7-9,15-16H2,1-6H3. The molecular weight excluding hydrogens is 210 g/mol. The third kappa shape index (κ3) is 4.57. The van der Waals surface area contributed by atoms with Crippen molar-refractivity contribution >= 4 is 0 Å². The number of nitrogens with two attached hydrogens (primary N) is 2. The Labute approximate surface area is 108 Å². The predicted octanol–water partition coefficient (Wildman–Crippen LogP) is 1.82. The van der Waals surface area contributed by atoms with E-state index >= 15 is 0 Å². The third-order valence-electron chi connectivity index (χ3n) is 4.45. The molecule has 0 aromatic heterocycles. The smallest absolute Gasteiger partial charge is 0.0337 e. The Morgan fingerprint density at radius 1 is 0.941 bits per heavy atom. The van der Waals surface area contributed by atoms with Gasteiger partial charge in [0.2, 0.25) is 0 Å². The van der Waals surface area contributed by atoms with E-state index in [1.807, 2.05) is 0 Å². The molecule has 0 saturated heterocycles. The monoisotopic (exact) mass is 243 g/mol. The summed E-state index contributed by atoms with van der Waals surface area (Å²) in [7, 11) is 0. The average molecular weight is 243 g/mol. The summed E-state index contributed by atoms with van der Waals surface area (Å²) < 4.78 is 0. The molecular formula is C14H33N3. The van der Waals surface area contributed by atoms with Crippen LogP contribution in [-0.2, 0) is 0 Å². The van der Waals surface area contributed by atoms with Crippen molar-refractivity contribution in [2.75, 3.05) is 19.6 Å². The highest BCUT2D eigenvalue weighted by Crippen LogP contribution is 2.33. The second kappa shape index (κ2) is 7.34. The van der Waals surface area contributed by atoms with Crippen LogP contribution < -0.4 is 16.8 Å². The Morgan fingerprint density at radius 3 is 1.65 bits per heavy atom. The number of rotatable bonds is 8. The molecule has 0 bridgehead atoms. The molecule has 0 fully saturated rings. The van der Waals surface area contributed by atoms with Gasteiger partial charge >= 0.3 is 0 Å². The summed E-state index contributed by atoms with van der Waals surface area (Å²) in [6.07, 6.45) is 0. The zero-order chi connectivity index (χ0) is 13.6. The minimum absolute atomic E-state index is 0.155. The van der Waals surface area contributed by atoms with Crippen LogP contribution in [0.15, 0.2) is 0 Å². The van der Waals surface area contributed by atoms with Crippen LogP contribution in [0.2, 0.25) is 0 Å². The van der Waals surface area contributed by atoms with Crippen LogP contribution in [0.1, 0.15) is 41.5 Å². The first-order valence-electron chi connectivity index (χ1n) is 6.97. The molecule has 0 rings (SSSR count). The van der Waals surface area contributed by atoms with Crippen molar-refractivity contribution in [1.29, 1.82) is 0 Å². The molecule has 0 aliphatic rings. The van der Waals surface area contributed by atoms with Gasteiger partial charge in [-0.3, -0.25) is 0 Å². The molecule has 5 N–H and O–H groups in total. The van der Waals surface area contributed by atoms with Gasteiger partial charge in [0.15, 0.2) is 0 Å². The lowest BCUT2D eigenvalue weighted by Gasteiger charge is -2.44. The summed E-state index contributed by atoms with van der Waals surface area (Å²) in [5, 5.41) is 3.40. The summed E-state index contributed by atoms with van der Waals surface area (Å²) in [6.45, 7) is 15.9. The van der Waals surface area contributed by atoms with Crippen LogP contribution in [0.5, 0.6) is 0 Å². The molecule has 3 heteroatoms. The molecule has 0 spiro atoms. The van der Waals surface area contributed by atoms with Gasteiger partial charge in [0.25, 0.3) is 0 Å². The van der Waals surface area contributed by atoms with E-state index in [0.29, 0.717) is 30.2 Å². The Hall–Kier alpha value is -0.120. The molecule has 0 radical (unpaired) electrons. The molecule has 0 aliphatic carbocycles. The highest BCUT2D eigenvalue weighted by Gasteiger charge is 2.39. The van der Waals surface area contributed by atoms with Crippen molar-refractivity contribution in [3.8, 4) is 0 Å². The van der Waals surface area contributed by atoms with Crippen LogP contribution >= 0.6 is 0 Å². The summed E-state index contributed by atoms with van der Waals surface area (Å²) in [5.74, 6) is 2.18. The second-order valence-electron chi connectivity index (χ2n) is 6.14. The Bertz CT molecular complexity index is 188. The molecule has 17 heavy (non-hydrogen) atoms. The normalized spacial score (nSPS) is 19.4. The van der Waals surface area contributed by atoms with E-state index in [2.05, 4.69) is 46.9 Å². The van der Waals surface area contributed by atoms with Gasteiger partial charge in [0.1, 0.15) is 0 Å². The fourth-order valence-electron chi connectivity index (χ4n) is 2.38. The molecule has 3 nitrogen and oxygen atoms in total. The fraction of sp³-hybridized carbons (Fsp3) is 1.00. The molecule has 0 saturated carbocycles. The van der Waals surface area contributed by atoms with Crippen molar-refractivity contribution < 1.29 is 0 Å². The van der Waals surface area contributed by atoms with E-state index in [1.165, 1.54) is 0 Å². The minimum atomic E-state index is -0.155. The first-order chi connectivity index (χ1) is 7.77. The SMILES string of the molecule is CC(C)C(C)C(N)(CNCCN)C(C)C(C)C. The summed E-state index contributed by atoms with van der Waals surface area (Å²) >= 11 is 0. The lowest BCUT2D eigenvalue weighted by Crippen LogP contribution is -2.60. The van der Waals surface area contributed by atoms with Crippen LogP contribution in [0.4, 0.5) is 0 Å². The summed E-state index contributed by atoms with van der Waals surface area (Å²) in [5.41, 5.74) is 12.1. The number of hydrogen-bond donors (Lipinski definition) is 3. The quantitative estimate of drug-likeness (QED) is 0.570. The maximum atomic E-state index is 6.72. The molecule has 0 aliphatic heterocycles. The van der Waals surface area contributed by atoms with Crippen molar-refractivity contribution in [2.45, 2.75) is 47.1 Å². The van der Waals surface area contributed by atoms with E-state index in [9.17, 15) is 0 Å². The lowest BCUT2D eigenvalue weighted by atomic mass is 9.68. The highest BCUT2D eigenvalue weighted by atomic mass is 15.0. The van der Waals surface area contributed by atoms with Gasteiger partial charge in [-0.25, -0.2) is 0 Å². The topological polar surface area (TPSA) is 64.1 Å². The Balaban J connectivity index is 4.79. The van der Waals surface area contributed by atoms with Crippen molar-refractivity contribution in [3.05, 3.63) is 0 Å².